The molecule has 0 spiro atoms. The second-order valence-corrected chi connectivity index (χ2v) is 4.26. The zero-order chi connectivity index (χ0) is 12.3. The fourth-order valence-corrected chi connectivity index (χ4v) is 1.96. The fraction of sp³-hybridized carbons (Fsp3) is 0.455. The molecule has 2 unspecified atom stereocenters. The Kier molecular flexibility index (Phi) is 3.93. The van der Waals surface area contributed by atoms with Gasteiger partial charge in [0, 0.05) is 6.04 Å². The lowest BCUT2D eigenvalue weighted by Gasteiger charge is -2.15. The number of aromatic nitrogens is 1. The minimum absolute atomic E-state index is 0.0502. The van der Waals surface area contributed by atoms with Gasteiger partial charge in [-0.25, -0.2) is 4.98 Å². The standard InChI is InChI=1S/C11H14ClN3O2/c1-13-8-6-17-5-7(8)11(16)15-10-4-2-3-9(12)14-10/h2-4,7-8,13H,5-6H2,1H3,(H,14,15,16). The van der Waals surface area contributed by atoms with Crippen molar-refractivity contribution in [3.05, 3.63) is 23.4 Å². The molecule has 0 bridgehead atoms. The van der Waals surface area contributed by atoms with Crippen LogP contribution in [0.25, 0.3) is 0 Å². The first-order valence-electron chi connectivity index (χ1n) is 5.39. The Morgan fingerprint density at radius 3 is 3.06 bits per heavy atom. The molecule has 0 radical (unpaired) electrons. The summed E-state index contributed by atoms with van der Waals surface area (Å²) in [6.45, 7) is 0.982. The van der Waals surface area contributed by atoms with E-state index in [4.69, 9.17) is 16.3 Å². The van der Waals surface area contributed by atoms with Crippen LogP contribution in [0, 0.1) is 5.92 Å². The fourth-order valence-electron chi connectivity index (χ4n) is 1.79. The Morgan fingerprint density at radius 1 is 1.53 bits per heavy atom. The molecule has 1 amide bonds. The lowest BCUT2D eigenvalue weighted by atomic mass is 10.0. The molecule has 2 N–H and O–H groups in total. The number of hydrogen-bond acceptors (Lipinski definition) is 4. The molecule has 1 fully saturated rings. The van der Waals surface area contributed by atoms with Crippen LogP contribution in [0.4, 0.5) is 5.82 Å². The number of likely N-dealkylation sites (N-methyl/N-ethyl adjacent to an activating group) is 1. The van der Waals surface area contributed by atoms with Gasteiger partial charge in [-0.3, -0.25) is 4.79 Å². The summed E-state index contributed by atoms with van der Waals surface area (Å²) in [5.41, 5.74) is 0. The van der Waals surface area contributed by atoms with Gasteiger partial charge in [-0.15, -0.1) is 0 Å². The number of pyridine rings is 1. The van der Waals surface area contributed by atoms with Gasteiger partial charge in [-0.1, -0.05) is 17.7 Å². The Hall–Kier alpha value is -1.17. The summed E-state index contributed by atoms with van der Waals surface area (Å²) >= 11 is 5.74. The third-order valence-electron chi connectivity index (χ3n) is 2.75. The number of nitrogens with one attached hydrogen (secondary N) is 2. The van der Waals surface area contributed by atoms with Gasteiger partial charge in [-0.05, 0) is 19.2 Å². The minimum atomic E-state index is -0.194. The van der Waals surface area contributed by atoms with Gasteiger partial charge >= 0.3 is 0 Å². The molecule has 6 heteroatoms. The van der Waals surface area contributed by atoms with Crippen LogP contribution in [-0.4, -0.2) is 37.2 Å². The first kappa shape index (κ1) is 12.3. The summed E-state index contributed by atoms with van der Waals surface area (Å²) in [7, 11) is 1.82. The van der Waals surface area contributed by atoms with Crippen LogP contribution in [-0.2, 0) is 9.53 Å². The molecule has 0 aromatic carbocycles. The lowest BCUT2D eigenvalue weighted by molar-refractivity contribution is -0.120. The van der Waals surface area contributed by atoms with Gasteiger partial charge in [-0.2, -0.15) is 0 Å². The predicted molar refractivity (Wildman–Crippen MR) is 65.0 cm³/mol. The van der Waals surface area contributed by atoms with Crippen molar-refractivity contribution in [1.29, 1.82) is 0 Å². The van der Waals surface area contributed by atoms with Gasteiger partial charge in [0.2, 0.25) is 5.91 Å². The largest absolute Gasteiger partial charge is 0.379 e. The second kappa shape index (κ2) is 5.44. The average molecular weight is 256 g/mol. The van der Waals surface area contributed by atoms with Crippen molar-refractivity contribution in [2.75, 3.05) is 25.6 Å². The Balaban J connectivity index is 2.01. The number of nitrogens with zero attached hydrogens (tertiary/aromatic N) is 1. The van der Waals surface area contributed by atoms with E-state index in [0.29, 0.717) is 24.2 Å². The molecule has 2 rings (SSSR count). The molecule has 2 atom stereocenters. The summed E-state index contributed by atoms with van der Waals surface area (Å²) in [5.74, 6) is 0.168. The van der Waals surface area contributed by atoms with E-state index in [0.717, 1.165) is 0 Å². The number of rotatable bonds is 3. The van der Waals surface area contributed by atoms with Crippen molar-refractivity contribution in [1.82, 2.24) is 10.3 Å². The molecular formula is C11H14ClN3O2. The monoisotopic (exact) mass is 255 g/mol. The highest BCUT2D eigenvalue weighted by atomic mass is 35.5. The summed E-state index contributed by atoms with van der Waals surface area (Å²) < 4.78 is 5.27. The highest BCUT2D eigenvalue weighted by Gasteiger charge is 2.33. The van der Waals surface area contributed by atoms with Gasteiger partial charge in [0.1, 0.15) is 11.0 Å². The van der Waals surface area contributed by atoms with Gasteiger partial charge in [0.25, 0.3) is 0 Å². The zero-order valence-corrected chi connectivity index (χ0v) is 10.2. The number of carbonyl (C=O) groups excluding carboxylic acids is 1. The molecule has 1 aliphatic heterocycles. The quantitative estimate of drug-likeness (QED) is 0.788. The summed E-state index contributed by atoms with van der Waals surface area (Å²) in [6, 6.07) is 5.15. The van der Waals surface area contributed by atoms with Crippen molar-refractivity contribution >= 4 is 23.3 Å². The summed E-state index contributed by atoms with van der Waals surface area (Å²) in [4.78, 5) is 16.0. The van der Waals surface area contributed by atoms with Crippen molar-refractivity contribution in [3.8, 4) is 0 Å². The van der Waals surface area contributed by atoms with Crippen molar-refractivity contribution in [2.45, 2.75) is 6.04 Å². The highest BCUT2D eigenvalue weighted by Crippen LogP contribution is 2.16. The third kappa shape index (κ3) is 2.94. The number of carbonyl (C=O) groups is 1. The van der Waals surface area contributed by atoms with Crippen molar-refractivity contribution in [2.24, 2.45) is 5.92 Å². The van der Waals surface area contributed by atoms with E-state index in [-0.39, 0.29) is 17.9 Å². The topological polar surface area (TPSA) is 63.2 Å². The second-order valence-electron chi connectivity index (χ2n) is 3.87. The summed E-state index contributed by atoms with van der Waals surface area (Å²) in [6.07, 6.45) is 0. The highest BCUT2D eigenvalue weighted by molar-refractivity contribution is 6.29. The molecule has 1 saturated heterocycles. The van der Waals surface area contributed by atoms with Gasteiger partial charge in [0.15, 0.2) is 0 Å². The maximum atomic E-state index is 12.0. The van der Waals surface area contributed by atoms with E-state index in [1.807, 2.05) is 7.05 Å². The van der Waals surface area contributed by atoms with E-state index in [2.05, 4.69) is 15.6 Å². The van der Waals surface area contributed by atoms with Crippen LogP contribution in [0.2, 0.25) is 5.15 Å². The number of halogens is 1. The maximum absolute atomic E-state index is 12.0. The van der Waals surface area contributed by atoms with Crippen LogP contribution in [0.1, 0.15) is 0 Å². The molecule has 1 aliphatic rings. The van der Waals surface area contributed by atoms with E-state index in [1.165, 1.54) is 0 Å². The number of ether oxygens (including phenoxy) is 1. The third-order valence-corrected chi connectivity index (χ3v) is 2.96. The zero-order valence-electron chi connectivity index (χ0n) is 9.44. The normalized spacial score (nSPS) is 23.6. The van der Waals surface area contributed by atoms with Crippen LogP contribution in [0.3, 0.4) is 0 Å². The summed E-state index contributed by atoms with van der Waals surface area (Å²) in [5, 5.41) is 6.15. The molecular weight excluding hydrogens is 242 g/mol. The maximum Gasteiger partial charge on any atom is 0.232 e. The molecule has 17 heavy (non-hydrogen) atoms. The van der Waals surface area contributed by atoms with Gasteiger partial charge < -0.3 is 15.4 Å². The molecule has 0 aliphatic carbocycles. The predicted octanol–water partition coefficient (Wildman–Crippen LogP) is 0.908. The number of hydrogen-bond donors (Lipinski definition) is 2. The van der Waals surface area contributed by atoms with E-state index < -0.39 is 0 Å². The smallest absolute Gasteiger partial charge is 0.232 e. The van der Waals surface area contributed by atoms with Crippen LogP contribution in [0.15, 0.2) is 18.2 Å². The molecule has 92 valence electrons. The van der Waals surface area contributed by atoms with Crippen LogP contribution >= 0.6 is 11.6 Å². The van der Waals surface area contributed by atoms with Crippen LogP contribution < -0.4 is 10.6 Å². The Bertz CT molecular complexity index is 413. The van der Waals surface area contributed by atoms with E-state index in [1.54, 1.807) is 18.2 Å². The van der Waals surface area contributed by atoms with Crippen molar-refractivity contribution < 1.29 is 9.53 Å². The Labute approximate surface area is 105 Å². The lowest BCUT2D eigenvalue weighted by Crippen LogP contribution is -2.39. The molecule has 0 saturated carbocycles. The molecule has 1 aromatic heterocycles. The number of amides is 1. The van der Waals surface area contributed by atoms with Crippen molar-refractivity contribution in [3.63, 3.8) is 0 Å². The van der Waals surface area contributed by atoms with Gasteiger partial charge in [0.05, 0.1) is 19.1 Å². The molecule has 1 aromatic rings. The number of anilines is 1. The molecule has 5 nitrogen and oxygen atoms in total. The van der Waals surface area contributed by atoms with Crippen LogP contribution in [0.5, 0.6) is 0 Å². The van der Waals surface area contributed by atoms with E-state index in [9.17, 15) is 4.79 Å². The van der Waals surface area contributed by atoms with E-state index >= 15 is 0 Å². The molecule has 2 heterocycles. The average Bonchev–Trinajstić information content (AvgIpc) is 2.77. The first-order chi connectivity index (χ1) is 8.20. The first-order valence-corrected chi connectivity index (χ1v) is 5.77. The Morgan fingerprint density at radius 2 is 2.35 bits per heavy atom. The minimum Gasteiger partial charge on any atom is -0.379 e. The SMILES string of the molecule is CNC1COCC1C(=O)Nc1cccc(Cl)n1.